The van der Waals surface area contributed by atoms with Crippen LogP contribution < -0.4 is 14.8 Å². The summed E-state index contributed by atoms with van der Waals surface area (Å²) in [5.41, 5.74) is 1.56. The van der Waals surface area contributed by atoms with Crippen molar-refractivity contribution in [2.45, 2.75) is 0 Å². The van der Waals surface area contributed by atoms with Crippen LogP contribution in [0.5, 0.6) is 11.5 Å². The molecular formula is C20H21FN2O5. The third-order valence-electron chi connectivity index (χ3n) is 3.63. The summed E-state index contributed by atoms with van der Waals surface area (Å²) >= 11 is 0. The maximum Gasteiger partial charge on any atom is 0.341 e. The van der Waals surface area contributed by atoms with Crippen LogP contribution in [-0.2, 0) is 9.59 Å². The molecule has 1 amide bonds. The highest BCUT2D eigenvalue weighted by atomic mass is 18.2. The molecule has 1 aliphatic heterocycles. The Balaban J connectivity index is 2.03. The van der Waals surface area contributed by atoms with Gasteiger partial charge in [-0.2, -0.15) is 0 Å². The van der Waals surface area contributed by atoms with Crippen molar-refractivity contribution in [3.63, 3.8) is 0 Å². The number of alkyl halides is 1. The van der Waals surface area contributed by atoms with Gasteiger partial charge in [0.15, 0.2) is 18.1 Å². The number of carboxylic acid groups (broad SMARTS) is 1. The molecular weight excluding hydrogens is 366 g/mol. The maximum atomic E-state index is 12.6. The number of dihydropyridines is 1. The van der Waals surface area contributed by atoms with Gasteiger partial charge in [-0.25, -0.2) is 9.18 Å². The number of halogens is 1. The summed E-state index contributed by atoms with van der Waals surface area (Å²) in [7, 11) is 1.61. The second-order valence-electron chi connectivity index (χ2n) is 5.69. The molecule has 0 bridgehead atoms. The Morgan fingerprint density at radius 1 is 1.29 bits per heavy atom. The highest BCUT2D eigenvalue weighted by Crippen LogP contribution is 2.29. The molecule has 2 N–H and O–H groups in total. The lowest BCUT2D eigenvalue weighted by Gasteiger charge is -2.11. The molecule has 1 aromatic rings. The normalized spacial score (nSPS) is 13.3. The largest absolute Gasteiger partial charge is 0.479 e. The fourth-order valence-electron chi connectivity index (χ4n) is 2.21. The lowest BCUT2D eigenvalue weighted by molar-refractivity contribution is -0.139. The van der Waals surface area contributed by atoms with E-state index < -0.39 is 19.4 Å². The van der Waals surface area contributed by atoms with Crippen molar-refractivity contribution in [3.8, 4) is 11.5 Å². The number of nitrogens with one attached hydrogen (secondary N) is 1. The van der Waals surface area contributed by atoms with E-state index in [4.69, 9.17) is 14.6 Å². The van der Waals surface area contributed by atoms with Gasteiger partial charge < -0.3 is 24.8 Å². The van der Waals surface area contributed by atoms with Gasteiger partial charge in [-0.15, -0.1) is 0 Å². The number of ether oxygens (including phenoxy) is 2. The Morgan fingerprint density at radius 2 is 2.11 bits per heavy atom. The van der Waals surface area contributed by atoms with E-state index in [2.05, 4.69) is 5.32 Å². The Bertz CT molecular complexity index is 830. The third-order valence-corrected chi connectivity index (χ3v) is 3.63. The second-order valence-corrected chi connectivity index (χ2v) is 5.69. The molecule has 0 fully saturated rings. The zero-order valence-electron chi connectivity index (χ0n) is 15.3. The summed E-state index contributed by atoms with van der Waals surface area (Å²) in [6.07, 6.45) is 12.0. The molecule has 0 radical (unpaired) electrons. The molecule has 1 aliphatic rings. The summed E-state index contributed by atoms with van der Waals surface area (Å²) < 4.78 is 22.5. The third kappa shape index (κ3) is 6.64. The molecule has 7 nitrogen and oxygen atoms in total. The van der Waals surface area contributed by atoms with Crippen LogP contribution in [0.4, 0.5) is 4.39 Å². The number of benzene rings is 1. The van der Waals surface area contributed by atoms with Crippen LogP contribution in [0, 0.1) is 0 Å². The van der Waals surface area contributed by atoms with E-state index in [-0.39, 0.29) is 17.4 Å². The van der Waals surface area contributed by atoms with Crippen molar-refractivity contribution >= 4 is 18.0 Å². The Labute approximate surface area is 162 Å². The highest BCUT2D eigenvalue weighted by Gasteiger charge is 2.08. The number of aliphatic carboxylic acids is 1. The van der Waals surface area contributed by atoms with E-state index in [1.807, 2.05) is 18.4 Å². The molecule has 28 heavy (non-hydrogen) atoms. The fraction of sp³-hybridized carbons (Fsp3) is 0.200. The van der Waals surface area contributed by atoms with Gasteiger partial charge in [0.1, 0.15) is 0 Å². The number of carbonyl (C=O) groups excluding carboxylic acids is 1. The van der Waals surface area contributed by atoms with Crippen molar-refractivity contribution in [2.75, 3.05) is 27.1 Å². The average molecular weight is 387 g/mol. The molecule has 1 heterocycles. The number of allylic oxidation sites excluding steroid dienone is 3. The zero-order chi connectivity index (χ0) is 20.4. The van der Waals surface area contributed by atoms with Crippen molar-refractivity contribution in [1.82, 2.24) is 10.2 Å². The van der Waals surface area contributed by atoms with Gasteiger partial charge in [-0.1, -0.05) is 12.1 Å². The Hall–Kier alpha value is -3.55. The molecule has 8 heteroatoms. The number of hydrogen-bond donors (Lipinski definition) is 2. The minimum Gasteiger partial charge on any atom is -0.479 e. The molecule has 0 saturated carbocycles. The molecule has 0 aromatic heterocycles. The lowest BCUT2D eigenvalue weighted by Crippen LogP contribution is -2.18. The highest BCUT2D eigenvalue weighted by molar-refractivity contribution is 5.89. The first-order valence-electron chi connectivity index (χ1n) is 8.40. The monoisotopic (exact) mass is 387 g/mol. The first-order valence-corrected chi connectivity index (χ1v) is 8.40. The van der Waals surface area contributed by atoms with Gasteiger partial charge >= 0.3 is 5.97 Å². The summed E-state index contributed by atoms with van der Waals surface area (Å²) in [5.74, 6) is -1.18. The number of rotatable bonds is 9. The molecule has 2 rings (SSSR count). The smallest absolute Gasteiger partial charge is 0.341 e. The van der Waals surface area contributed by atoms with Crippen LogP contribution in [0.15, 0.2) is 60.5 Å². The summed E-state index contributed by atoms with van der Waals surface area (Å²) in [5, 5.41) is 11.7. The number of amides is 1. The first kappa shape index (κ1) is 20.8. The predicted octanol–water partition coefficient (Wildman–Crippen LogP) is 2.48. The molecule has 148 valence electrons. The topological polar surface area (TPSA) is 88.1 Å². The van der Waals surface area contributed by atoms with Crippen LogP contribution in [0.2, 0.25) is 0 Å². The summed E-state index contributed by atoms with van der Waals surface area (Å²) in [4.78, 5) is 24.1. The van der Waals surface area contributed by atoms with Crippen LogP contribution in [0.25, 0.3) is 6.08 Å². The van der Waals surface area contributed by atoms with E-state index in [1.165, 1.54) is 23.1 Å². The Kier molecular flexibility index (Phi) is 7.83. The van der Waals surface area contributed by atoms with Gasteiger partial charge in [-0.3, -0.25) is 4.79 Å². The van der Waals surface area contributed by atoms with Gasteiger partial charge in [0.25, 0.3) is 0 Å². The number of hydrogen-bond acceptors (Lipinski definition) is 5. The van der Waals surface area contributed by atoms with Crippen molar-refractivity contribution in [3.05, 3.63) is 66.0 Å². The van der Waals surface area contributed by atoms with Crippen LogP contribution in [-0.4, -0.2) is 48.9 Å². The van der Waals surface area contributed by atoms with Crippen molar-refractivity contribution in [2.24, 2.45) is 0 Å². The van der Waals surface area contributed by atoms with Crippen LogP contribution in [0.1, 0.15) is 5.56 Å². The van der Waals surface area contributed by atoms with E-state index in [9.17, 15) is 14.0 Å². The van der Waals surface area contributed by atoms with Gasteiger partial charge in [0.2, 0.25) is 12.8 Å². The average Bonchev–Trinajstić information content (AvgIpc) is 2.70. The van der Waals surface area contributed by atoms with E-state index in [1.54, 1.807) is 31.5 Å². The number of likely N-dealkylation sites (N-methyl/N-ethyl adjacent to an activating group) is 1. The van der Waals surface area contributed by atoms with Gasteiger partial charge in [0, 0.05) is 25.9 Å². The van der Waals surface area contributed by atoms with Crippen molar-refractivity contribution in [1.29, 1.82) is 0 Å². The van der Waals surface area contributed by atoms with E-state index in [0.29, 0.717) is 5.56 Å². The lowest BCUT2D eigenvalue weighted by atomic mass is 10.2. The SMILES string of the molecule is CN(/C=C/c1ccc(OCC(=O)O)c(OC[18F])c1)C(=O)/C=C/C1=CCNC=C1. The molecule has 0 aliphatic carbocycles. The van der Waals surface area contributed by atoms with Crippen molar-refractivity contribution < 1.29 is 28.6 Å². The maximum absolute atomic E-state index is 12.6. The first-order chi connectivity index (χ1) is 13.5. The minimum absolute atomic E-state index is 0.0735. The molecule has 0 atom stereocenters. The number of carbonyl (C=O) groups is 2. The second kappa shape index (κ2) is 10.6. The number of carboxylic acids is 1. The summed E-state index contributed by atoms with van der Waals surface area (Å²) in [6.45, 7) is -0.932. The molecule has 0 saturated heterocycles. The number of nitrogens with zero attached hydrogens (tertiary/aromatic N) is 1. The Morgan fingerprint density at radius 3 is 2.79 bits per heavy atom. The van der Waals surface area contributed by atoms with Gasteiger partial charge in [0.05, 0.1) is 0 Å². The van der Waals surface area contributed by atoms with Crippen LogP contribution in [0.3, 0.4) is 0 Å². The van der Waals surface area contributed by atoms with Gasteiger partial charge in [-0.05, 0) is 47.7 Å². The predicted molar refractivity (Wildman–Crippen MR) is 102 cm³/mol. The summed E-state index contributed by atoms with van der Waals surface area (Å²) in [6, 6.07) is 4.61. The minimum atomic E-state index is -1.15. The van der Waals surface area contributed by atoms with E-state index >= 15 is 0 Å². The molecule has 1 aromatic carbocycles. The van der Waals surface area contributed by atoms with Crippen LogP contribution >= 0.6 is 0 Å². The van der Waals surface area contributed by atoms with E-state index in [0.717, 1.165) is 12.1 Å². The molecule has 0 spiro atoms. The zero-order valence-corrected chi connectivity index (χ0v) is 15.3. The molecule has 0 unspecified atom stereocenters. The quantitative estimate of drug-likeness (QED) is 0.633. The fourth-order valence-corrected chi connectivity index (χ4v) is 2.21. The standard InChI is InChI=1S/C20H21FN2O5/c1-23(19(24)5-3-15-6-9-22-10-7-15)11-8-16-2-4-17(27-13-20(25)26)18(12-16)28-14-21/h2-9,11-12,22H,10,13-14H2,1H3,(H,25,26)/b5-3+,11-8+/i21-1.